The van der Waals surface area contributed by atoms with Crippen LogP contribution in [0.2, 0.25) is 0 Å². The Labute approximate surface area is 202 Å². The number of aromatic nitrogens is 4. The van der Waals surface area contributed by atoms with E-state index in [-0.39, 0.29) is 40.5 Å². The van der Waals surface area contributed by atoms with Crippen molar-refractivity contribution in [1.29, 1.82) is 0 Å². The first-order valence-corrected chi connectivity index (χ1v) is 11.9. The second-order valence-electron chi connectivity index (χ2n) is 8.54. The fourth-order valence-electron chi connectivity index (χ4n) is 4.46. The lowest BCUT2D eigenvalue weighted by atomic mass is 9.91. The number of carbonyl (C=O) groups is 1. The van der Waals surface area contributed by atoms with Gasteiger partial charge in [0.1, 0.15) is 17.3 Å². The van der Waals surface area contributed by atoms with Crippen molar-refractivity contribution in [1.82, 2.24) is 25.3 Å². The molecule has 1 aromatic carbocycles. The minimum absolute atomic E-state index is 0.0127. The summed E-state index contributed by atoms with van der Waals surface area (Å²) < 4.78 is 42.4. The molecule has 0 unspecified atom stereocenters. The van der Waals surface area contributed by atoms with Crippen LogP contribution in [0.3, 0.4) is 0 Å². The molecular formula is C23H22F3N7OS. The summed E-state index contributed by atoms with van der Waals surface area (Å²) in [5, 5.41) is 6.71. The molecule has 0 radical (unpaired) electrons. The number of carbonyl (C=O) groups excluding carboxylic acids is 1. The summed E-state index contributed by atoms with van der Waals surface area (Å²) in [5.41, 5.74) is 6.49. The van der Waals surface area contributed by atoms with Gasteiger partial charge in [-0.25, -0.2) is 28.1 Å². The summed E-state index contributed by atoms with van der Waals surface area (Å²) in [6.45, 7) is 1.79. The van der Waals surface area contributed by atoms with Gasteiger partial charge < -0.3 is 21.4 Å². The summed E-state index contributed by atoms with van der Waals surface area (Å²) in [6, 6.07) is 1.69. The highest BCUT2D eigenvalue weighted by Crippen LogP contribution is 2.30. The lowest BCUT2D eigenvalue weighted by molar-refractivity contribution is 0.0921. The Hall–Kier alpha value is -3.67. The monoisotopic (exact) mass is 501 g/mol. The highest BCUT2D eigenvalue weighted by atomic mass is 32.1. The summed E-state index contributed by atoms with van der Waals surface area (Å²) in [5.74, 6) is -2.29. The standard InChI is InChI=1S/C23H22F3N7OS/c1-10-18(32-23(27)35-10)22(34)31-13-4-2-3-12(7-13)30-21-17(26)9-29-20(33-21)15-8-28-19-14(15)5-11(24)6-16(19)25/h5-6,8-9,12-13,28H,2-4,7H2,1H3,(H2,27,32)(H,31,34)(H,29,30,33)/t12-,13+/m0/s1. The van der Waals surface area contributed by atoms with E-state index < -0.39 is 17.5 Å². The molecule has 0 aliphatic heterocycles. The number of amides is 1. The zero-order chi connectivity index (χ0) is 24.7. The maximum Gasteiger partial charge on any atom is 0.271 e. The van der Waals surface area contributed by atoms with Crippen LogP contribution < -0.4 is 16.4 Å². The van der Waals surface area contributed by atoms with Crippen molar-refractivity contribution in [3.05, 3.63) is 52.5 Å². The topological polar surface area (TPSA) is 122 Å². The normalized spacial score (nSPS) is 18.1. The smallest absolute Gasteiger partial charge is 0.271 e. The predicted octanol–water partition coefficient (Wildman–Crippen LogP) is 4.54. The van der Waals surface area contributed by atoms with Gasteiger partial charge in [-0.3, -0.25) is 4.79 Å². The molecule has 0 saturated heterocycles. The molecule has 1 aliphatic carbocycles. The summed E-state index contributed by atoms with van der Waals surface area (Å²) in [6.07, 6.45) is 5.41. The number of benzene rings is 1. The van der Waals surface area contributed by atoms with E-state index in [1.54, 1.807) is 6.92 Å². The van der Waals surface area contributed by atoms with E-state index in [1.807, 2.05) is 0 Å². The second-order valence-corrected chi connectivity index (χ2v) is 9.77. The molecule has 8 nitrogen and oxygen atoms in total. The molecule has 12 heteroatoms. The van der Waals surface area contributed by atoms with Crippen LogP contribution in [0.1, 0.15) is 41.0 Å². The van der Waals surface area contributed by atoms with Crippen LogP contribution in [0.15, 0.2) is 24.5 Å². The van der Waals surface area contributed by atoms with Crippen LogP contribution >= 0.6 is 11.3 Å². The number of fused-ring (bicyclic) bond motifs is 1. The average molecular weight is 502 g/mol. The van der Waals surface area contributed by atoms with E-state index in [0.29, 0.717) is 22.8 Å². The Morgan fingerprint density at radius 1 is 1.17 bits per heavy atom. The van der Waals surface area contributed by atoms with Gasteiger partial charge in [0.2, 0.25) is 0 Å². The molecule has 182 valence electrons. The lowest BCUT2D eigenvalue weighted by Crippen LogP contribution is -2.42. The molecule has 1 aliphatic rings. The summed E-state index contributed by atoms with van der Waals surface area (Å²) in [4.78, 5) is 28.5. The minimum Gasteiger partial charge on any atom is -0.375 e. The predicted molar refractivity (Wildman–Crippen MR) is 128 cm³/mol. The summed E-state index contributed by atoms with van der Waals surface area (Å²) >= 11 is 1.26. The van der Waals surface area contributed by atoms with Crippen LogP contribution in [0.25, 0.3) is 22.3 Å². The number of nitrogens with one attached hydrogen (secondary N) is 3. The highest BCUT2D eigenvalue weighted by Gasteiger charge is 2.26. The van der Waals surface area contributed by atoms with Crippen molar-refractivity contribution in [2.75, 3.05) is 11.1 Å². The summed E-state index contributed by atoms with van der Waals surface area (Å²) in [7, 11) is 0. The Morgan fingerprint density at radius 2 is 1.97 bits per heavy atom. The number of hydrogen-bond acceptors (Lipinski definition) is 7. The van der Waals surface area contributed by atoms with Gasteiger partial charge in [0.25, 0.3) is 5.91 Å². The van der Waals surface area contributed by atoms with Gasteiger partial charge in [-0.05, 0) is 38.7 Å². The molecule has 5 N–H and O–H groups in total. The Balaban J connectivity index is 1.33. The molecule has 1 fully saturated rings. The van der Waals surface area contributed by atoms with E-state index in [4.69, 9.17) is 5.73 Å². The number of nitrogens with two attached hydrogens (primary N) is 1. The number of aryl methyl sites for hydroxylation is 1. The zero-order valence-corrected chi connectivity index (χ0v) is 19.5. The first kappa shape index (κ1) is 23.1. The van der Waals surface area contributed by atoms with Crippen LogP contribution in [-0.2, 0) is 0 Å². The number of rotatable bonds is 5. The van der Waals surface area contributed by atoms with E-state index >= 15 is 0 Å². The van der Waals surface area contributed by atoms with Crippen molar-refractivity contribution >= 4 is 39.1 Å². The fraction of sp³-hybridized carbons (Fsp3) is 0.304. The number of thiazole rings is 1. The van der Waals surface area contributed by atoms with Crippen LogP contribution in [0.4, 0.5) is 24.1 Å². The number of nitrogen functional groups attached to an aromatic ring is 1. The quantitative estimate of drug-likeness (QED) is 0.319. The van der Waals surface area contributed by atoms with Crippen LogP contribution in [0.5, 0.6) is 0 Å². The lowest BCUT2D eigenvalue weighted by Gasteiger charge is -2.30. The Morgan fingerprint density at radius 3 is 2.74 bits per heavy atom. The Kier molecular flexibility index (Phi) is 6.05. The maximum atomic E-state index is 14.6. The molecule has 0 spiro atoms. The van der Waals surface area contributed by atoms with E-state index in [1.165, 1.54) is 23.6 Å². The van der Waals surface area contributed by atoms with E-state index in [9.17, 15) is 18.0 Å². The number of halogens is 3. The molecule has 4 aromatic rings. The van der Waals surface area contributed by atoms with Crippen molar-refractivity contribution < 1.29 is 18.0 Å². The first-order chi connectivity index (χ1) is 16.8. The van der Waals surface area contributed by atoms with Crippen molar-refractivity contribution in [3.63, 3.8) is 0 Å². The molecular weight excluding hydrogens is 479 g/mol. The van der Waals surface area contributed by atoms with Crippen molar-refractivity contribution in [2.24, 2.45) is 0 Å². The Bertz CT molecular complexity index is 1420. The molecule has 3 aromatic heterocycles. The van der Waals surface area contributed by atoms with Gasteiger partial charge in [-0.2, -0.15) is 0 Å². The molecule has 2 atom stereocenters. The van der Waals surface area contributed by atoms with Crippen LogP contribution in [-0.4, -0.2) is 37.9 Å². The van der Waals surface area contributed by atoms with Gasteiger partial charge in [0.15, 0.2) is 22.6 Å². The number of H-pyrrole nitrogens is 1. The number of aromatic amines is 1. The highest BCUT2D eigenvalue weighted by molar-refractivity contribution is 7.15. The number of anilines is 2. The zero-order valence-electron chi connectivity index (χ0n) is 18.7. The maximum absolute atomic E-state index is 14.6. The van der Waals surface area contributed by atoms with Gasteiger partial charge in [0.05, 0.1) is 11.7 Å². The third-order valence-corrected chi connectivity index (χ3v) is 6.87. The van der Waals surface area contributed by atoms with Crippen molar-refractivity contribution in [3.8, 4) is 11.4 Å². The number of nitrogens with zero attached hydrogens (tertiary/aromatic N) is 3. The van der Waals surface area contributed by atoms with Crippen LogP contribution in [0, 0.1) is 24.4 Å². The van der Waals surface area contributed by atoms with Gasteiger partial charge >= 0.3 is 0 Å². The van der Waals surface area contributed by atoms with Gasteiger partial charge in [-0.1, -0.05) is 0 Å². The molecule has 1 amide bonds. The van der Waals surface area contributed by atoms with Crippen molar-refractivity contribution in [2.45, 2.75) is 44.7 Å². The van der Waals surface area contributed by atoms with Gasteiger partial charge in [0, 0.05) is 40.2 Å². The largest absolute Gasteiger partial charge is 0.375 e. The van der Waals surface area contributed by atoms with E-state index in [0.717, 1.165) is 36.4 Å². The molecule has 5 rings (SSSR count). The molecule has 3 heterocycles. The third kappa shape index (κ3) is 4.65. The fourth-order valence-corrected chi connectivity index (χ4v) is 5.15. The van der Waals surface area contributed by atoms with Gasteiger partial charge in [-0.15, -0.1) is 11.3 Å². The SMILES string of the molecule is Cc1sc(N)nc1C(=O)N[C@@H]1CCC[C@H](Nc2nc(-c3c[nH]c4c(F)cc(F)cc34)ncc2F)C1. The molecule has 35 heavy (non-hydrogen) atoms. The molecule has 0 bridgehead atoms. The third-order valence-electron chi connectivity index (χ3n) is 6.07. The first-order valence-electron chi connectivity index (χ1n) is 11.1. The second kappa shape index (κ2) is 9.17. The minimum atomic E-state index is -0.738. The van der Waals surface area contributed by atoms with E-state index in [2.05, 4.69) is 30.6 Å². The molecule has 1 saturated carbocycles. The number of hydrogen-bond donors (Lipinski definition) is 4. The average Bonchev–Trinajstić information content (AvgIpc) is 3.38.